The lowest BCUT2D eigenvalue weighted by atomic mass is 10.3. The van der Waals surface area contributed by atoms with Crippen LogP contribution in [0.3, 0.4) is 0 Å². The SMILES string of the molecule is Cc1csc(C(=O)N2CCNCC2)c1Cl. The van der Waals surface area contributed by atoms with E-state index in [4.69, 9.17) is 11.6 Å². The first kappa shape index (κ1) is 10.9. The Morgan fingerprint density at radius 3 is 2.73 bits per heavy atom. The van der Waals surface area contributed by atoms with Crippen LogP contribution < -0.4 is 5.32 Å². The van der Waals surface area contributed by atoms with Gasteiger partial charge in [-0.05, 0) is 17.9 Å². The number of piperazine rings is 1. The van der Waals surface area contributed by atoms with Crippen LogP contribution in [-0.4, -0.2) is 37.0 Å². The molecule has 2 rings (SSSR count). The molecule has 0 spiro atoms. The van der Waals surface area contributed by atoms with Gasteiger partial charge in [0.25, 0.3) is 5.91 Å². The van der Waals surface area contributed by atoms with E-state index in [-0.39, 0.29) is 5.91 Å². The van der Waals surface area contributed by atoms with E-state index in [2.05, 4.69) is 5.32 Å². The molecular weight excluding hydrogens is 232 g/mol. The molecule has 1 amide bonds. The van der Waals surface area contributed by atoms with Crippen LogP contribution in [0.15, 0.2) is 5.38 Å². The van der Waals surface area contributed by atoms with Gasteiger partial charge in [0.15, 0.2) is 0 Å². The number of halogens is 1. The number of hydrogen-bond acceptors (Lipinski definition) is 3. The van der Waals surface area contributed by atoms with Crippen LogP contribution in [-0.2, 0) is 0 Å². The molecule has 1 N–H and O–H groups in total. The predicted molar refractivity (Wildman–Crippen MR) is 62.8 cm³/mol. The molecule has 1 saturated heterocycles. The van der Waals surface area contributed by atoms with Crippen LogP contribution in [0.25, 0.3) is 0 Å². The predicted octanol–water partition coefficient (Wildman–Crippen LogP) is 1.76. The zero-order valence-electron chi connectivity index (χ0n) is 8.55. The molecule has 0 saturated carbocycles. The summed E-state index contributed by atoms with van der Waals surface area (Å²) in [4.78, 5) is 14.6. The van der Waals surface area contributed by atoms with Gasteiger partial charge in [-0.3, -0.25) is 4.79 Å². The van der Waals surface area contributed by atoms with Crippen LogP contribution >= 0.6 is 22.9 Å². The Balaban J connectivity index is 2.16. The molecule has 3 nitrogen and oxygen atoms in total. The van der Waals surface area contributed by atoms with E-state index in [0.29, 0.717) is 9.90 Å². The third-order valence-electron chi connectivity index (χ3n) is 2.50. The Labute approximate surface area is 98.0 Å². The number of amides is 1. The molecule has 0 unspecified atom stereocenters. The fraction of sp³-hybridized carbons (Fsp3) is 0.500. The van der Waals surface area contributed by atoms with E-state index < -0.39 is 0 Å². The molecule has 1 aromatic rings. The molecule has 5 heteroatoms. The van der Waals surface area contributed by atoms with E-state index in [0.717, 1.165) is 31.7 Å². The number of thiophene rings is 1. The molecule has 1 aromatic heterocycles. The average molecular weight is 245 g/mol. The minimum Gasteiger partial charge on any atom is -0.335 e. The summed E-state index contributed by atoms with van der Waals surface area (Å²) in [6.07, 6.45) is 0. The summed E-state index contributed by atoms with van der Waals surface area (Å²) in [5, 5.41) is 5.76. The number of aryl methyl sites for hydroxylation is 1. The second kappa shape index (κ2) is 4.51. The number of carbonyl (C=O) groups excluding carboxylic acids is 1. The smallest absolute Gasteiger partial charge is 0.265 e. The number of rotatable bonds is 1. The summed E-state index contributed by atoms with van der Waals surface area (Å²) in [5.74, 6) is 0.0691. The van der Waals surface area contributed by atoms with E-state index >= 15 is 0 Å². The highest BCUT2D eigenvalue weighted by Gasteiger charge is 2.22. The molecule has 2 heterocycles. The van der Waals surface area contributed by atoms with Crippen LogP contribution in [0.2, 0.25) is 5.02 Å². The first-order valence-electron chi connectivity index (χ1n) is 4.93. The first-order chi connectivity index (χ1) is 7.20. The van der Waals surface area contributed by atoms with Crippen LogP contribution in [0.5, 0.6) is 0 Å². The maximum atomic E-state index is 12.1. The van der Waals surface area contributed by atoms with Crippen molar-refractivity contribution >= 4 is 28.8 Å². The molecule has 0 bridgehead atoms. The summed E-state index contributed by atoms with van der Waals surface area (Å²) in [5.41, 5.74) is 0.986. The average Bonchev–Trinajstić information content (AvgIpc) is 2.60. The van der Waals surface area contributed by atoms with Crippen molar-refractivity contribution < 1.29 is 4.79 Å². The van der Waals surface area contributed by atoms with Gasteiger partial charge in [-0.2, -0.15) is 0 Å². The minimum atomic E-state index is 0.0691. The number of carbonyl (C=O) groups is 1. The lowest BCUT2D eigenvalue weighted by Crippen LogP contribution is -2.46. The van der Waals surface area contributed by atoms with E-state index in [9.17, 15) is 4.79 Å². The normalized spacial score (nSPS) is 16.8. The second-order valence-electron chi connectivity index (χ2n) is 3.60. The number of nitrogens with zero attached hydrogens (tertiary/aromatic N) is 1. The van der Waals surface area contributed by atoms with Gasteiger partial charge >= 0.3 is 0 Å². The standard InChI is InChI=1S/C10H13ClN2OS/c1-7-6-15-9(8(7)11)10(14)13-4-2-12-3-5-13/h6,12H,2-5H2,1H3. The van der Waals surface area contributed by atoms with E-state index in [1.807, 2.05) is 17.2 Å². The summed E-state index contributed by atoms with van der Waals surface area (Å²) in [7, 11) is 0. The van der Waals surface area contributed by atoms with Crippen molar-refractivity contribution in [2.75, 3.05) is 26.2 Å². The highest BCUT2D eigenvalue weighted by Crippen LogP contribution is 2.28. The van der Waals surface area contributed by atoms with Gasteiger partial charge in [0.05, 0.1) is 5.02 Å². The van der Waals surface area contributed by atoms with Gasteiger partial charge in [-0.15, -0.1) is 11.3 Å². The van der Waals surface area contributed by atoms with Crippen molar-refractivity contribution in [1.29, 1.82) is 0 Å². The van der Waals surface area contributed by atoms with Crippen molar-refractivity contribution in [3.8, 4) is 0 Å². The van der Waals surface area contributed by atoms with Gasteiger partial charge in [-0.25, -0.2) is 0 Å². The van der Waals surface area contributed by atoms with Gasteiger partial charge in [0, 0.05) is 26.2 Å². The Morgan fingerprint density at radius 2 is 2.20 bits per heavy atom. The number of nitrogens with one attached hydrogen (secondary N) is 1. The molecule has 0 aromatic carbocycles. The van der Waals surface area contributed by atoms with E-state index in [1.54, 1.807) is 0 Å². The quantitative estimate of drug-likeness (QED) is 0.817. The largest absolute Gasteiger partial charge is 0.335 e. The Kier molecular flexibility index (Phi) is 3.29. The lowest BCUT2D eigenvalue weighted by Gasteiger charge is -2.27. The molecular formula is C10H13ClN2OS. The summed E-state index contributed by atoms with van der Waals surface area (Å²) >= 11 is 7.50. The molecule has 1 aliphatic rings. The minimum absolute atomic E-state index is 0.0691. The maximum absolute atomic E-state index is 12.1. The summed E-state index contributed by atoms with van der Waals surface area (Å²) in [6.45, 7) is 5.20. The Morgan fingerprint density at radius 1 is 1.53 bits per heavy atom. The molecule has 0 aliphatic carbocycles. The zero-order chi connectivity index (χ0) is 10.8. The molecule has 1 fully saturated rings. The third-order valence-corrected chi connectivity index (χ3v) is 4.18. The first-order valence-corrected chi connectivity index (χ1v) is 6.19. The molecule has 15 heavy (non-hydrogen) atoms. The Hall–Kier alpha value is -0.580. The van der Waals surface area contributed by atoms with Crippen LogP contribution in [0.4, 0.5) is 0 Å². The molecule has 82 valence electrons. The van der Waals surface area contributed by atoms with Gasteiger partial charge in [0.2, 0.25) is 0 Å². The van der Waals surface area contributed by atoms with Gasteiger partial charge < -0.3 is 10.2 Å². The topological polar surface area (TPSA) is 32.3 Å². The highest BCUT2D eigenvalue weighted by molar-refractivity contribution is 7.13. The van der Waals surface area contributed by atoms with Crippen LogP contribution in [0.1, 0.15) is 15.2 Å². The lowest BCUT2D eigenvalue weighted by molar-refractivity contribution is 0.0741. The van der Waals surface area contributed by atoms with E-state index in [1.165, 1.54) is 11.3 Å². The molecule has 0 radical (unpaired) electrons. The fourth-order valence-electron chi connectivity index (χ4n) is 1.59. The fourth-order valence-corrected chi connectivity index (χ4v) is 2.83. The van der Waals surface area contributed by atoms with Crippen molar-refractivity contribution in [2.45, 2.75) is 6.92 Å². The van der Waals surface area contributed by atoms with Gasteiger partial charge in [0.1, 0.15) is 4.88 Å². The third kappa shape index (κ3) is 2.17. The molecule has 0 atom stereocenters. The van der Waals surface area contributed by atoms with Crippen molar-refractivity contribution in [1.82, 2.24) is 10.2 Å². The zero-order valence-corrected chi connectivity index (χ0v) is 10.1. The van der Waals surface area contributed by atoms with Crippen molar-refractivity contribution in [3.05, 3.63) is 20.8 Å². The monoisotopic (exact) mass is 244 g/mol. The Bertz CT molecular complexity index is 371. The van der Waals surface area contributed by atoms with Crippen molar-refractivity contribution in [2.24, 2.45) is 0 Å². The maximum Gasteiger partial charge on any atom is 0.265 e. The van der Waals surface area contributed by atoms with Crippen molar-refractivity contribution in [3.63, 3.8) is 0 Å². The summed E-state index contributed by atoms with van der Waals surface area (Å²) < 4.78 is 0. The van der Waals surface area contributed by atoms with Crippen LogP contribution in [0, 0.1) is 6.92 Å². The number of hydrogen-bond donors (Lipinski definition) is 1. The second-order valence-corrected chi connectivity index (χ2v) is 4.86. The highest BCUT2D eigenvalue weighted by atomic mass is 35.5. The van der Waals surface area contributed by atoms with Gasteiger partial charge in [-0.1, -0.05) is 11.6 Å². The summed E-state index contributed by atoms with van der Waals surface area (Å²) in [6, 6.07) is 0. The molecule has 1 aliphatic heterocycles.